The molecule has 1 amide bonds. The number of rotatable bonds is 2. The number of carbonyl (C=O) groups excluding carboxylic acids is 1. The maximum absolute atomic E-state index is 11.7. The summed E-state index contributed by atoms with van der Waals surface area (Å²) in [5.74, 6) is 0. The molecule has 1 fully saturated rings. The molecule has 1 saturated heterocycles. The van der Waals surface area contributed by atoms with Crippen LogP contribution in [0.1, 0.15) is 23.9 Å². The zero-order chi connectivity index (χ0) is 15.4. The predicted octanol–water partition coefficient (Wildman–Crippen LogP) is 1.85. The lowest BCUT2D eigenvalue weighted by atomic mass is 10.1. The number of piperazine rings is 1. The number of carbonyl (C=O) groups is 1. The first-order valence-electron chi connectivity index (χ1n) is 7.11. The minimum Gasteiger partial charge on any atom is -0.450 e. The van der Waals surface area contributed by atoms with Gasteiger partial charge in [0.2, 0.25) is 0 Å². The zero-order valence-corrected chi connectivity index (χ0v) is 12.7. The van der Waals surface area contributed by atoms with E-state index in [0.717, 1.165) is 17.1 Å². The van der Waals surface area contributed by atoms with E-state index in [2.05, 4.69) is 16.0 Å². The molecule has 0 saturated carbocycles. The Labute approximate surface area is 124 Å². The van der Waals surface area contributed by atoms with Crippen LogP contribution in [0.3, 0.4) is 0 Å². The standard InChI is InChI=1S/C15H20N4O2/c1-4-21-15(20)19-7-5-18(6-8-19)14-9-11(2)17-12(3)13(14)10-16/h9H,4-8H2,1-3H3. The molecule has 0 aliphatic carbocycles. The highest BCUT2D eigenvalue weighted by molar-refractivity contribution is 5.68. The summed E-state index contributed by atoms with van der Waals surface area (Å²) in [5, 5.41) is 9.33. The van der Waals surface area contributed by atoms with Crippen molar-refractivity contribution >= 4 is 11.8 Å². The van der Waals surface area contributed by atoms with Crippen molar-refractivity contribution in [2.24, 2.45) is 0 Å². The molecule has 6 heteroatoms. The Bertz CT molecular complexity index is 572. The second-order valence-corrected chi connectivity index (χ2v) is 5.03. The summed E-state index contributed by atoms with van der Waals surface area (Å²) in [7, 11) is 0. The predicted molar refractivity (Wildman–Crippen MR) is 79.2 cm³/mol. The summed E-state index contributed by atoms with van der Waals surface area (Å²) in [6.07, 6.45) is -0.264. The van der Waals surface area contributed by atoms with Crippen LogP contribution in [0.15, 0.2) is 6.07 Å². The van der Waals surface area contributed by atoms with Gasteiger partial charge in [0.05, 0.1) is 23.6 Å². The van der Waals surface area contributed by atoms with Crippen LogP contribution in [0.25, 0.3) is 0 Å². The molecule has 1 aromatic heterocycles. The van der Waals surface area contributed by atoms with Crippen LogP contribution < -0.4 is 4.90 Å². The van der Waals surface area contributed by atoms with Crippen LogP contribution >= 0.6 is 0 Å². The summed E-state index contributed by atoms with van der Waals surface area (Å²) in [4.78, 5) is 19.9. The zero-order valence-electron chi connectivity index (χ0n) is 12.7. The van der Waals surface area contributed by atoms with Gasteiger partial charge in [0.25, 0.3) is 0 Å². The monoisotopic (exact) mass is 288 g/mol. The number of aromatic nitrogens is 1. The van der Waals surface area contributed by atoms with Crippen molar-refractivity contribution in [1.82, 2.24) is 9.88 Å². The van der Waals surface area contributed by atoms with E-state index in [1.807, 2.05) is 19.9 Å². The first-order valence-corrected chi connectivity index (χ1v) is 7.11. The minimum atomic E-state index is -0.264. The van der Waals surface area contributed by atoms with Gasteiger partial charge < -0.3 is 14.5 Å². The van der Waals surface area contributed by atoms with Gasteiger partial charge in [-0.05, 0) is 26.8 Å². The second-order valence-electron chi connectivity index (χ2n) is 5.03. The van der Waals surface area contributed by atoms with Gasteiger partial charge in [-0.15, -0.1) is 0 Å². The molecule has 0 spiro atoms. The minimum absolute atomic E-state index is 0.264. The van der Waals surface area contributed by atoms with E-state index >= 15 is 0 Å². The summed E-state index contributed by atoms with van der Waals surface area (Å²) >= 11 is 0. The maximum Gasteiger partial charge on any atom is 0.409 e. The molecular weight excluding hydrogens is 268 g/mol. The molecule has 21 heavy (non-hydrogen) atoms. The van der Waals surface area contributed by atoms with Crippen LogP contribution in [0, 0.1) is 25.2 Å². The normalized spacial score (nSPS) is 14.8. The number of anilines is 1. The van der Waals surface area contributed by atoms with E-state index in [4.69, 9.17) is 4.74 Å². The molecule has 1 aromatic rings. The Kier molecular flexibility index (Phi) is 4.63. The highest BCUT2D eigenvalue weighted by Crippen LogP contribution is 2.24. The summed E-state index contributed by atoms with van der Waals surface area (Å²) in [6.45, 7) is 8.55. The van der Waals surface area contributed by atoms with Gasteiger partial charge in [0, 0.05) is 31.9 Å². The number of hydrogen-bond donors (Lipinski definition) is 0. The van der Waals surface area contributed by atoms with Crippen molar-refractivity contribution in [3.8, 4) is 6.07 Å². The molecule has 2 rings (SSSR count). The van der Waals surface area contributed by atoms with Gasteiger partial charge in [0.1, 0.15) is 6.07 Å². The molecule has 1 aliphatic rings. The number of pyridine rings is 1. The molecular formula is C15H20N4O2. The molecule has 0 atom stereocenters. The third-order valence-electron chi connectivity index (χ3n) is 3.57. The molecule has 1 aliphatic heterocycles. The van der Waals surface area contributed by atoms with E-state index in [-0.39, 0.29) is 6.09 Å². The number of nitrogens with zero attached hydrogens (tertiary/aromatic N) is 4. The Morgan fingerprint density at radius 3 is 2.62 bits per heavy atom. The van der Waals surface area contributed by atoms with E-state index in [9.17, 15) is 10.1 Å². The first-order chi connectivity index (χ1) is 10.1. The molecule has 112 valence electrons. The smallest absolute Gasteiger partial charge is 0.409 e. The van der Waals surface area contributed by atoms with Gasteiger partial charge >= 0.3 is 6.09 Å². The quantitative estimate of drug-likeness (QED) is 0.830. The average Bonchev–Trinajstić information content (AvgIpc) is 2.47. The molecule has 6 nitrogen and oxygen atoms in total. The van der Waals surface area contributed by atoms with Crippen LogP contribution in [0.4, 0.5) is 10.5 Å². The van der Waals surface area contributed by atoms with Gasteiger partial charge in [-0.1, -0.05) is 0 Å². The van der Waals surface area contributed by atoms with Crippen LogP contribution in [0.2, 0.25) is 0 Å². The van der Waals surface area contributed by atoms with Crippen molar-refractivity contribution in [3.63, 3.8) is 0 Å². The summed E-state index contributed by atoms with van der Waals surface area (Å²) in [6, 6.07) is 4.17. The summed E-state index contributed by atoms with van der Waals surface area (Å²) < 4.78 is 5.01. The number of ether oxygens (including phenoxy) is 1. The Hall–Kier alpha value is -2.29. The number of amides is 1. The fourth-order valence-corrected chi connectivity index (χ4v) is 2.54. The van der Waals surface area contributed by atoms with Gasteiger partial charge in [-0.2, -0.15) is 5.26 Å². The Balaban J connectivity index is 2.13. The van der Waals surface area contributed by atoms with Crippen molar-refractivity contribution in [2.45, 2.75) is 20.8 Å². The van der Waals surface area contributed by atoms with Crippen molar-refractivity contribution in [1.29, 1.82) is 5.26 Å². The Morgan fingerprint density at radius 1 is 1.38 bits per heavy atom. The number of nitriles is 1. The topological polar surface area (TPSA) is 69.5 Å². The van der Waals surface area contributed by atoms with E-state index in [1.54, 1.807) is 11.8 Å². The highest BCUT2D eigenvalue weighted by Gasteiger charge is 2.24. The lowest BCUT2D eigenvalue weighted by molar-refractivity contribution is 0.105. The van der Waals surface area contributed by atoms with Crippen LogP contribution in [-0.4, -0.2) is 48.8 Å². The molecule has 0 N–H and O–H groups in total. The van der Waals surface area contributed by atoms with E-state index in [0.29, 0.717) is 38.3 Å². The lowest BCUT2D eigenvalue weighted by Gasteiger charge is -2.36. The summed E-state index contributed by atoms with van der Waals surface area (Å²) in [5.41, 5.74) is 3.17. The van der Waals surface area contributed by atoms with Crippen LogP contribution in [-0.2, 0) is 4.74 Å². The molecule has 2 heterocycles. The van der Waals surface area contributed by atoms with Gasteiger partial charge in [0.15, 0.2) is 0 Å². The lowest BCUT2D eigenvalue weighted by Crippen LogP contribution is -2.49. The number of aryl methyl sites for hydroxylation is 2. The van der Waals surface area contributed by atoms with Crippen molar-refractivity contribution in [2.75, 3.05) is 37.7 Å². The van der Waals surface area contributed by atoms with Crippen molar-refractivity contribution in [3.05, 3.63) is 23.0 Å². The first kappa shape index (κ1) is 15.1. The Morgan fingerprint density at radius 2 is 2.05 bits per heavy atom. The van der Waals surface area contributed by atoms with E-state index < -0.39 is 0 Å². The molecule has 0 bridgehead atoms. The van der Waals surface area contributed by atoms with E-state index in [1.165, 1.54) is 0 Å². The second kappa shape index (κ2) is 6.44. The highest BCUT2D eigenvalue weighted by atomic mass is 16.6. The fourth-order valence-electron chi connectivity index (χ4n) is 2.54. The number of hydrogen-bond acceptors (Lipinski definition) is 5. The molecule has 0 radical (unpaired) electrons. The maximum atomic E-state index is 11.7. The van der Waals surface area contributed by atoms with Gasteiger partial charge in [-0.3, -0.25) is 4.98 Å². The average molecular weight is 288 g/mol. The third-order valence-corrected chi connectivity index (χ3v) is 3.57. The largest absolute Gasteiger partial charge is 0.450 e. The SMILES string of the molecule is CCOC(=O)N1CCN(c2cc(C)nc(C)c2C#N)CC1. The third kappa shape index (κ3) is 3.24. The fraction of sp³-hybridized carbons (Fsp3) is 0.533. The molecule has 0 unspecified atom stereocenters. The van der Waals surface area contributed by atoms with Crippen molar-refractivity contribution < 1.29 is 9.53 Å². The molecule has 0 aromatic carbocycles. The van der Waals surface area contributed by atoms with Gasteiger partial charge in [-0.25, -0.2) is 4.79 Å². The van der Waals surface area contributed by atoms with Crippen LogP contribution in [0.5, 0.6) is 0 Å².